The average molecular weight is 382 g/mol. The molecule has 0 radical (unpaired) electrons. The van der Waals surface area contributed by atoms with E-state index in [9.17, 15) is 9.59 Å². The molecule has 0 spiro atoms. The molecule has 3 aromatic rings. The Hall–Kier alpha value is -2.73. The minimum absolute atomic E-state index is 0.123. The number of rotatable bonds is 7. The van der Waals surface area contributed by atoms with E-state index in [1.807, 2.05) is 68.4 Å². The van der Waals surface area contributed by atoms with Gasteiger partial charge in [-0.1, -0.05) is 35.9 Å². The number of thioether (sulfide) groups is 1. The fourth-order valence-electron chi connectivity index (χ4n) is 2.64. The molecule has 3 rings (SSSR count). The molecule has 1 heterocycles. The minimum Gasteiger partial charge on any atom is -0.459 e. The van der Waals surface area contributed by atoms with E-state index < -0.39 is 0 Å². The molecule has 2 aromatic carbocycles. The lowest BCUT2D eigenvalue weighted by Gasteiger charge is -2.11. The molecule has 0 fully saturated rings. The van der Waals surface area contributed by atoms with Gasteiger partial charge in [-0.15, -0.1) is 11.8 Å². The number of carbonyl (C=O) groups is 2. The van der Waals surface area contributed by atoms with Crippen LogP contribution in [0.3, 0.4) is 0 Å². The molecule has 0 aliphatic heterocycles. The monoisotopic (exact) mass is 382 g/mol. The fourth-order valence-corrected chi connectivity index (χ4v) is 3.27. The van der Waals surface area contributed by atoms with Gasteiger partial charge >= 0.3 is 0 Å². The molecule has 2 N–H and O–H groups in total. The number of hydrogen-bond donors (Lipinski definition) is 2. The normalized spacial score (nSPS) is 11.9. The lowest BCUT2D eigenvalue weighted by atomic mass is 10.2. The van der Waals surface area contributed by atoms with Crippen molar-refractivity contribution in [2.75, 3.05) is 16.8 Å². The Morgan fingerprint density at radius 1 is 1.04 bits per heavy atom. The van der Waals surface area contributed by atoms with Crippen molar-refractivity contribution < 1.29 is 14.0 Å². The second-order valence-corrected chi connectivity index (χ2v) is 7.37. The maximum atomic E-state index is 12.1. The van der Waals surface area contributed by atoms with Gasteiger partial charge in [-0.05, 0) is 38.1 Å². The van der Waals surface area contributed by atoms with Crippen LogP contribution >= 0.6 is 11.8 Å². The number of para-hydroxylation sites is 1. The van der Waals surface area contributed by atoms with Gasteiger partial charge in [0.2, 0.25) is 11.8 Å². The van der Waals surface area contributed by atoms with Gasteiger partial charge in [0.25, 0.3) is 0 Å². The highest BCUT2D eigenvalue weighted by atomic mass is 32.2. The van der Waals surface area contributed by atoms with Crippen LogP contribution in [0.1, 0.15) is 24.3 Å². The van der Waals surface area contributed by atoms with Crippen LogP contribution in [0, 0.1) is 6.92 Å². The topological polar surface area (TPSA) is 71.3 Å². The van der Waals surface area contributed by atoms with E-state index in [-0.39, 0.29) is 29.4 Å². The molecule has 0 saturated carbocycles. The van der Waals surface area contributed by atoms with E-state index in [2.05, 4.69) is 10.6 Å². The molecule has 0 aliphatic rings. The van der Waals surface area contributed by atoms with Crippen LogP contribution in [0.4, 0.5) is 5.69 Å². The smallest absolute Gasteiger partial charge is 0.234 e. The number of amides is 2. The van der Waals surface area contributed by atoms with E-state index in [0.29, 0.717) is 5.76 Å². The number of benzene rings is 2. The highest BCUT2D eigenvalue weighted by molar-refractivity contribution is 8.00. The van der Waals surface area contributed by atoms with Gasteiger partial charge < -0.3 is 15.1 Å². The van der Waals surface area contributed by atoms with Crippen LogP contribution in [0.25, 0.3) is 11.0 Å². The minimum atomic E-state index is -0.230. The predicted octanol–water partition coefficient (Wildman–Crippen LogP) is 4.29. The first-order valence-corrected chi connectivity index (χ1v) is 9.89. The SMILES string of the molecule is Cc1ccc(NC(=O)CSCC(=O)N[C@@H](C)c2cc3ccccc3o2)cc1. The van der Waals surface area contributed by atoms with Crippen molar-refractivity contribution in [2.45, 2.75) is 19.9 Å². The molecule has 1 aromatic heterocycles. The van der Waals surface area contributed by atoms with E-state index in [1.165, 1.54) is 11.8 Å². The van der Waals surface area contributed by atoms with Gasteiger partial charge in [-0.25, -0.2) is 0 Å². The van der Waals surface area contributed by atoms with Crippen molar-refractivity contribution in [1.29, 1.82) is 0 Å². The molecular formula is C21H22N2O3S. The lowest BCUT2D eigenvalue weighted by Crippen LogP contribution is -2.28. The van der Waals surface area contributed by atoms with E-state index >= 15 is 0 Å². The summed E-state index contributed by atoms with van der Waals surface area (Å²) in [5.74, 6) is 0.899. The number of fused-ring (bicyclic) bond motifs is 1. The molecule has 27 heavy (non-hydrogen) atoms. The molecule has 0 unspecified atom stereocenters. The molecular weight excluding hydrogens is 360 g/mol. The third-order valence-corrected chi connectivity index (χ3v) is 4.98. The standard InChI is InChI=1S/C21H22N2O3S/c1-14-7-9-17(10-8-14)23-21(25)13-27-12-20(24)22-15(2)19-11-16-5-3-4-6-18(16)26-19/h3-11,15H,12-13H2,1-2H3,(H,22,24)(H,23,25)/t15-/m0/s1. The largest absolute Gasteiger partial charge is 0.459 e. The van der Waals surface area contributed by atoms with E-state index in [4.69, 9.17) is 4.42 Å². The maximum absolute atomic E-state index is 12.1. The molecule has 2 amide bonds. The van der Waals surface area contributed by atoms with Crippen LogP contribution in [0.15, 0.2) is 59.0 Å². The highest BCUT2D eigenvalue weighted by Crippen LogP contribution is 2.23. The number of anilines is 1. The van der Waals surface area contributed by atoms with Gasteiger partial charge in [-0.2, -0.15) is 0 Å². The van der Waals surface area contributed by atoms with Crippen LogP contribution in [-0.4, -0.2) is 23.3 Å². The summed E-state index contributed by atoms with van der Waals surface area (Å²) >= 11 is 1.28. The van der Waals surface area contributed by atoms with E-state index in [1.54, 1.807) is 0 Å². The number of nitrogens with one attached hydrogen (secondary N) is 2. The molecule has 6 heteroatoms. The number of aryl methyl sites for hydroxylation is 1. The number of hydrogen-bond acceptors (Lipinski definition) is 4. The summed E-state index contributed by atoms with van der Waals surface area (Å²) in [6.45, 7) is 3.87. The third kappa shape index (κ3) is 5.37. The maximum Gasteiger partial charge on any atom is 0.234 e. The van der Waals surface area contributed by atoms with Gasteiger partial charge in [0.1, 0.15) is 11.3 Å². The second kappa shape index (κ2) is 8.77. The summed E-state index contributed by atoms with van der Waals surface area (Å²) < 4.78 is 5.76. The zero-order valence-corrected chi connectivity index (χ0v) is 16.1. The predicted molar refractivity (Wildman–Crippen MR) is 110 cm³/mol. The lowest BCUT2D eigenvalue weighted by molar-refractivity contribution is -0.119. The first-order valence-electron chi connectivity index (χ1n) is 8.73. The first-order chi connectivity index (χ1) is 13.0. The summed E-state index contributed by atoms with van der Waals surface area (Å²) in [6.07, 6.45) is 0. The van der Waals surface area contributed by atoms with Crippen molar-refractivity contribution in [3.05, 3.63) is 65.9 Å². The Labute approximate surface area is 162 Å². The van der Waals surface area contributed by atoms with Crippen LogP contribution < -0.4 is 10.6 Å². The summed E-state index contributed by atoms with van der Waals surface area (Å²) in [7, 11) is 0. The van der Waals surface area contributed by atoms with Gasteiger partial charge in [0, 0.05) is 11.1 Å². The zero-order valence-electron chi connectivity index (χ0n) is 15.3. The Morgan fingerprint density at radius 3 is 2.48 bits per heavy atom. The molecule has 5 nitrogen and oxygen atoms in total. The Morgan fingerprint density at radius 2 is 1.74 bits per heavy atom. The average Bonchev–Trinajstić information content (AvgIpc) is 3.08. The Bertz CT molecular complexity index is 901. The Kier molecular flexibility index (Phi) is 6.19. The number of carbonyl (C=O) groups excluding carboxylic acids is 2. The highest BCUT2D eigenvalue weighted by Gasteiger charge is 2.14. The third-order valence-electron chi connectivity index (χ3n) is 4.05. The fraction of sp³-hybridized carbons (Fsp3) is 0.238. The van der Waals surface area contributed by atoms with Crippen LogP contribution in [0.5, 0.6) is 0 Å². The first kappa shape index (κ1) is 19.0. The zero-order chi connectivity index (χ0) is 19.2. The van der Waals surface area contributed by atoms with Gasteiger partial charge in [0.15, 0.2) is 0 Å². The Balaban J connectivity index is 1.42. The summed E-state index contributed by atoms with van der Waals surface area (Å²) in [5.41, 5.74) is 2.70. The van der Waals surface area contributed by atoms with Gasteiger partial charge in [0.05, 0.1) is 17.5 Å². The summed E-state index contributed by atoms with van der Waals surface area (Å²) in [5, 5.41) is 6.73. The molecule has 1 atom stereocenters. The van der Waals surface area contributed by atoms with E-state index in [0.717, 1.165) is 22.2 Å². The number of furan rings is 1. The molecule has 0 saturated heterocycles. The quantitative estimate of drug-likeness (QED) is 0.639. The van der Waals surface area contributed by atoms with Crippen molar-refractivity contribution in [1.82, 2.24) is 5.32 Å². The molecule has 140 valence electrons. The van der Waals surface area contributed by atoms with Crippen molar-refractivity contribution in [3.8, 4) is 0 Å². The molecule has 0 aliphatic carbocycles. The second-order valence-electron chi connectivity index (χ2n) is 6.38. The van der Waals surface area contributed by atoms with Crippen LogP contribution in [-0.2, 0) is 9.59 Å². The van der Waals surface area contributed by atoms with Crippen LogP contribution in [0.2, 0.25) is 0 Å². The van der Waals surface area contributed by atoms with Crippen molar-refractivity contribution >= 4 is 40.2 Å². The summed E-state index contributed by atoms with van der Waals surface area (Å²) in [6, 6.07) is 17.0. The van der Waals surface area contributed by atoms with Crippen molar-refractivity contribution in [2.24, 2.45) is 0 Å². The summed E-state index contributed by atoms with van der Waals surface area (Å²) in [4.78, 5) is 24.1. The van der Waals surface area contributed by atoms with Gasteiger partial charge in [-0.3, -0.25) is 9.59 Å². The molecule has 0 bridgehead atoms. The van der Waals surface area contributed by atoms with Crippen molar-refractivity contribution in [3.63, 3.8) is 0 Å².